The molecule has 0 fully saturated rings. The maximum atomic E-state index is 12.2. The molecule has 1 heterocycles. The first-order valence-corrected chi connectivity index (χ1v) is 7.06. The number of ether oxygens (including phenoxy) is 1. The van der Waals surface area contributed by atoms with Gasteiger partial charge in [0, 0.05) is 17.2 Å². The van der Waals surface area contributed by atoms with Crippen LogP contribution in [0.1, 0.15) is 18.7 Å². The van der Waals surface area contributed by atoms with E-state index in [9.17, 15) is 4.79 Å². The molecule has 1 aromatic carbocycles. The maximum Gasteiger partial charge on any atom is 0.334 e. The van der Waals surface area contributed by atoms with Gasteiger partial charge in [-0.3, -0.25) is 0 Å². The van der Waals surface area contributed by atoms with Crippen molar-refractivity contribution >= 4 is 27.6 Å². The molecule has 0 aliphatic carbocycles. The van der Waals surface area contributed by atoms with E-state index in [4.69, 9.17) is 4.74 Å². The third-order valence-electron chi connectivity index (χ3n) is 2.85. The Balaban J connectivity index is 2.31. The summed E-state index contributed by atoms with van der Waals surface area (Å²) in [7, 11) is 1.84. The Bertz CT molecular complexity index is 598. The monoisotopic (exact) mass is 337 g/mol. The highest BCUT2D eigenvalue weighted by Crippen LogP contribution is 2.26. The SMILES string of the molecule is CCOC(=O)C(Nc1ccccc1Br)c1cncn1C. The molecule has 0 spiro atoms. The molecule has 0 saturated heterocycles. The number of nitrogens with zero attached hydrogens (tertiary/aromatic N) is 2. The van der Waals surface area contributed by atoms with Crippen LogP contribution in [0.3, 0.4) is 0 Å². The summed E-state index contributed by atoms with van der Waals surface area (Å²) in [5, 5.41) is 3.19. The van der Waals surface area contributed by atoms with Gasteiger partial charge >= 0.3 is 5.97 Å². The van der Waals surface area contributed by atoms with E-state index < -0.39 is 6.04 Å². The van der Waals surface area contributed by atoms with Crippen molar-refractivity contribution in [2.45, 2.75) is 13.0 Å². The van der Waals surface area contributed by atoms with Crippen LogP contribution in [-0.4, -0.2) is 22.1 Å². The number of esters is 1. The predicted molar refractivity (Wildman–Crippen MR) is 80.3 cm³/mol. The minimum atomic E-state index is -0.596. The van der Waals surface area contributed by atoms with Gasteiger partial charge in [0.25, 0.3) is 0 Å². The van der Waals surface area contributed by atoms with E-state index in [-0.39, 0.29) is 5.97 Å². The number of carbonyl (C=O) groups excluding carboxylic acids is 1. The van der Waals surface area contributed by atoms with Gasteiger partial charge in [0.1, 0.15) is 0 Å². The highest BCUT2D eigenvalue weighted by molar-refractivity contribution is 9.10. The van der Waals surface area contributed by atoms with E-state index in [1.54, 1.807) is 24.0 Å². The Morgan fingerprint density at radius 1 is 1.50 bits per heavy atom. The van der Waals surface area contributed by atoms with Crippen LogP contribution in [0.4, 0.5) is 5.69 Å². The van der Waals surface area contributed by atoms with Crippen LogP contribution < -0.4 is 5.32 Å². The summed E-state index contributed by atoms with van der Waals surface area (Å²) >= 11 is 3.46. The Labute approximate surface area is 126 Å². The number of aryl methyl sites for hydroxylation is 1. The third kappa shape index (κ3) is 3.19. The number of carbonyl (C=O) groups is 1. The molecular weight excluding hydrogens is 322 g/mol. The van der Waals surface area contributed by atoms with Gasteiger partial charge in [0.15, 0.2) is 6.04 Å². The second-order valence-electron chi connectivity index (χ2n) is 4.24. The van der Waals surface area contributed by atoms with Crippen molar-refractivity contribution in [3.63, 3.8) is 0 Å². The van der Waals surface area contributed by atoms with Crippen LogP contribution >= 0.6 is 15.9 Å². The molecule has 2 aromatic rings. The summed E-state index contributed by atoms with van der Waals surface area (Å²) in [5.41, 5.74) is 1.57. The summed E-state index contributed by atoms with van der Waals surface area (Å²) in [5.74, 6) is -0.327. The smallest absolute Gasteiger partial charge is 0.334 e. The molecule has 0 amide bonds. The summed E-state index contributed by atoms with van der Waals surface area (Å²) in [4.78, 5) is 16.2. The predicted octanol–water partition coefficient (Wildman–Crippen LogP) is 2.90. The van der Waals surface area contributed by atoms with E-state index in [0.717, 1.165) is 15.9 Å². The summed E-state index contributed by atoms with van der Waals surface area (Å²) in [6, 6.07) is 7.03. The number of halogens is 1. The van der Waals surface area contributed by atoms with Gasteiger partial charge in [-0.2, -0.15) is 0 Å². The van der Waals surface area contributed by atoms with Gasteiger partial charge in [0.05, 0.1) is 24.8 Å². The van der Waals surface area contributed by atoms with E-state index in [2.05, 4.69) is 26.2 Å². The number of hydrogen-bond acceptors (Lipinski definition) is 4. The van der Waals surface area contributed by atoms with E-state index in [0.29, 0.717) is 6.61 Å². The molecule has 1 atom stereocenters. The number of rotatable bonds is 5. The van der Waals surface area contributed by atoms with Crippen molar-refractivity contribution in [2.24, 2.45) is 7.05 Å². The molecule has 2 rings (SSSR count). The zero-order valence-corrected chi connectivity index (χ0v) is 12.9. The number of imidazole rings is 1. The van der Waals surface area contributed by atoms with Crippen LogP contribution in [0.5, 0.6) is 0 Å². The number of nitrogens with one attached hydrogen (secondary N) is 1. The lowest BCUT2D eigenvalue weighted by Gasteiger charge is -2.19. The van der Waals surface area contributed by atoms with Crippen molar-refractivity contribution < 1.29 is 9.53 Å². The number of para-hydroxylation sites is 1. The van der Waals surface area contributed by atoms with Crippen molar-refractivity contribution in [2.75, 3.05) is 11.9 Å². The number of anilines is 1. The van der Waals surface area contributed by atoms with E-state index in [1.165, 1.54) is 0 Å². The van der Waals surface area contributed by atoms with Gasteiger partial charge in [-0.15, -0.1) is 0 Å². The lowest BCUT2D eigenvalue weighted by molar-refractivity contribution is -0.144. The molecule has 0 radical (unpaired) electrons. The quantitative estimate of drug-likeness (QED) is 0.852. The number of hydrogen-bond donors (Lipinski definition) is 1. The lowest BCUT2D eigenvalue weighted by atomic mass is 10.2. The Kier molecular flexibility index (Phi) is 4.79. The molecule has 0 bridgehead atoms. The fourth-order valence-corrected chi connectivity index (χ4v) is 2.26. The summed E-state index contributed by atoms with van der Waals surface area (Å²) in [6.07, 6.45) is 3.31. The zero-order valence-electron chi connectivity index (χ0n) is 11.3. The first kappa shape index (κ1) is 14.6. The zero-order chi connectivity index (χ0) is 14.5. The molecule has 1 aromatic heterocycles. The van der Waals surface area contributed by atoms with E-state index >= 15 is 0 Å². The second-order valence-corrected chi connectivity index (χ2v) is 5.09. The maximum absolute atomic E-state index is 12.2. The van der Waals surface area contributed by atoms with Crippen LogP contribution in [0.2, 0.25) is 0 Å². The van der Waals surface area contributed by atoms with Crippen LogP contribution in [0, 0.1) is 0 Å². The van der Waals surface area contributed by atoms with Gasteiger partial charge in [-0.1, -0.05) is 12.1 Å². The van der Waals surface area contributed by atoms with Gasteiger partial charge in [0.2, 0.25) is 0 Å². The van der Waals surface area contributed by atoms with Crippen LogP contribution in [0.25, 0.3) is 0 Å². The van der Waals surface area contributed by atoms with Crippen molar-refractivity contribution in [3.05, 3.63) is 47.0 Å². The first-order chi connectivity index (χ1) is 9.63. The Morgan fingerprint density at radius 2 is 2.25 bits per heavy atom. The normalized spacial score (nSPS) is 11.9. The molecule has 20 heavy (non-hydrogen) atoms. The number of benzene rings is 1. The minimum absolute atomic E-state index is 0.327. The first-order valence-electron chi connectivity index (χ1n) is 6.27. The second kappa shape index (κ2) is 6.56. The fourth-order valence-electron chi connectivity index (χ4n) is 1.86. The Morgan fingerprint density at radius 3 is 2.85 bits per heavy atom. The molecular formula is C14H16BrN3O2. The average Bonchev–Trinajstić information content (AvgIpc) is 2.84. The molecule has 1 unspecified atom stereocenters. The van der Waals surface area contributed by atoms with Crippen molar-refractivity contribution in [1.82, 2.24) is 9.55 Å². The fraction of sp³-hybridized carbons (Fsp3) is 0.286. The van der Waals surface area contributed by atoms with Crippen molar-refractivity contribution in [1.29, 1.82) is 0 Å². The Hall–Kier alpha value is -1.82. The third-order valence-corrected chi connectivity index (χ3v) is 3.54. The average molecular weight is 338 g/mol. The lowest BCUT2D eigenvalue weighted by Crippen LogP contribution is -2.25. The van der Waals surface area contributed by atoms with Gasteiger partial charge in [-0.05, 0) is 35.0 Å². The minimum Gasteiger partial charge on any atom is -0.464 e. The molecule has 0 saturated carbocycles. The standard InChI is InChI=1S/C14H16BrN3O2/c1-3-20-14(19)13(12-8-16-9-18(12)2)17-11-7-5-4-6-10(11)15/h4-9,13,17H,3H2,1-2H3. The summed E-state index contributed by atoms with van der Waals surface area (Å²) < 4.78 is 7.82. The molecule has 1 N–H and O–H groups in total. The summed E-state index contributed by atoms with van der Waals surface area (Å²) in [6.45, 7) is 2.13. The van der Waals surface area contributed by atoms with Crippen LogP contribution in [0.15, 0.2) is 41.3 Å². The molecule has 106 valence electrons. The molecule has 6 heteroatoms. The largest absolute Gasteiger partial charge is 0.464 e. The molecule has 0 aliphatic heterocycles. The van der Waals surface area contributed by atoms with E-state index in [1.807, 2.05) is 31.3 Å². The van der Waals surface area contributed by atoms with Gasteiger partial charge in [-0.25, -0.2) is 9.78 Å². The highest BCUT2D eigenvalue weighted by atomic mass is 79.9. The highest BCUT2D eigenvalue weighted by Gasteiger charge is 2.25. The van der Waals surface area contributed by atoms with Crippen molar-refractivity contribution in [3.8, 4) is 0 Å². The molecule has 0 aliphatic rings. The number of aromatic nitrogens is 2. The molecule has 5 nitrogen and oxygen atoms in total. The van der Waals surface area contributed by atoms with Crippen LogP contribution in [-0.2, 0) is 16.6 Å². The van der Waals surface area contributed by atoms with Gasteiger partial charge < -0.3 is 14.6 Å². The topological polar surface area (TPSA) is 56.1 Å².